The molecule has 0 bridgehead atoms. The van der Waals surface area contributed by atoms with Gasteiger partial charge in [0.25, 0.3) is 0 Å². The van der Waals surface area contributed by atoms with E-state index in [2.05, 4.69) is 4.98 Å². The van der Waals surface area contributed by atoms with Crippen LogP contribution >= 0.6 is 11.3 Å². The molecular formula is C15H11NO2S. The second-order valence-corrected chi connectivity index (χ2v) is 4.99. The molecule has 3 rings (SSSR count). The minimum Gasteiger partial charge on any atom is -0.496 e. The fourth-order valence-corrected chi connectivity index (χ4v) is 2.80. The molecule has 4 heteroatoms. The fraction of sp³-hybridized carbons (Fsp3) is 0.0667. The molecule has 2 heterocycles. The Labute approximate surface area is 114 Å². The first-order valence-corrected chi connectivity index (χ1v) is 6.67. The maximum absolute atomic E-state index is 12.5. The van der Waals surface area contributed by atoms with Crippen LogP contribution in [0.2, 0.25) is 0 Å². The summed E-state index contributed by atoms with van der Waals surface area (Å²) in [5, 5.41) is 3.73. The van der Waals surface area contributed by atoms with Gasteiger partial charge in [0.2, 0.25) is 5.78 Å². The number of hydrogen-bond acceptors (Lipinski definition) is 4. The predicted octanol–water partition coefficient (Wildman–Crippen LogP) is 3.54. The van der Waals surface area contributed by atoms with E-state index in [0.717, 1.165) is 10.8 Å². The van der Waals surface area contributed by atoms with Crippen LogP contribution in [0, 0.1) is 0 Å². The van der Waals surface area contributed by atoms with Gasteiger partial charge in [-0.25, -0.2) is 0 Å². The van der Waals surface area contributed by atoms with Crippen LogP contribution in [0.1, 0.15) is 15.2 Å². The number of benzene rings is 1. The number of hydrogen-bond donors (Lipinski definition) is 0. The van der Waals surface area contributed by atoms with Crippen molar-refractivity contribution < 1.29 is 9.53 Å². The van der Waals surface area contributed by atoms with Crippen LogP contribution in [0.5, 0.6) is 5.75 Å². The molecule has 0 saturated carbocycles. The third-order valence-corrected chi connectivity index (χ3v) is 3.87. The van der Waals surface area contributed by atoms with Gasteiger partial charge in [0.1, 0.15) is 5.75 Å². The highest BCUT2D eigenvalue weighted by Gasteiger charge is 2.14. The van der Waals surface area contributed by atoms with Crippen molar-refractivity contribution >= 4 is 27.9 Å². The molecule has 0 radical (unpaired) electrons. The first kappa shape index (κ1) is 11.9. The molecule has 0 fully saturated rings. The molecule has 0 spiro atoms. The number of ketones is 1. The Morgan fingerprint density at radius 3 is 3.00 bits per heavy atom. The molecule has 0 amide bonds. The van der Waals surface area contributed by atoms with Gasteiger partial charge < -0.3 is 4.74 Å². The molecule has 0 saturated heterocycles. The van der Waals surface area contributed by atoms with Crippen molar-refractivity contribution in [3.05, 3.63) is 58.5 Å². The molecule has 0 unspecified atom stereocenters. The Balaban J connectivity index is 2.11. The van der Waals surface area contributed by atoms with Gasteiger partial charge in [-0.3, -0.25) is 9.78 Å². The van der Waals surface area contributed by atoms with Gasteiger partial charge >= 0.3 is 0 Å². The smallest absolute Gasteiger partial charge is 0.203 e. The number of pyridine rings is 1. The molecule has 2 aromatic heterocycles. The lowest BCUT2D eigenvalue weighted by Gasteiger charge is -2.03. The predicted molar refractivity (Wildman–Crippen MR) is 76.0 cm³/mol. The van der Waals surface area contributed by atoms with Crippen molar-refractivity contribution in [3.8, 4) is 5.75 Å². The topological polar surface area (TPSA) is 39.2 Å². The molecule has 94 valence electrons. The monoisotopic (exact) mass is 269 g/mol. The van der Waals surface area contributed by atoms with E-state index in [4.69, 9.17) is 4.74 Å². The molecule has 3 nitrogen and oxygen atoms in total. The van der Waals surface area contributed by atoms with E-state index in [-0.39, 0.29) is 5.78 Å². The van der Waals surface area contributed by atoms with Crippen molar-refractivity contribution in [1.29, 1.82) is 0 Å². The van der Waals surface area contributed by atoms with E-state index in [1.165, 1.54) is 11.3 Å². The van der Waals surface area contributed by atoms with Crippen molar-refractivity contribution in [3.63, 3.8) is 0 Å². The zero-order chi connectivity index (χ0) is 13.2. The van der Waals surface area contributed by atoms with Gasteiger partial charge in [-0.2, -0.15) is 0 Å². The first-order valence-electron chi connectivity index (χ1n) is 5.79. The van der Waals surface area contributed by atoms with Crippen LogP contribution in [0.15, 0.2) is 48.1 Å². The van der Waals surface area contributed by atoms with E-state index >= 15 is 0 Å². The molecule has 0 N–H and O–H groups in total. The summed E-state index contributed by atoms with van der Waals surface area (Å²) in [4.78, 5) is 17.3. The lowest BCUT2D eigenvalue weighted by atomic mass is 10.0. The molecule has 0 atom stereocenters. The third-order valence-electron chi connectivity index (χ3n) is 2.96. The van der Waals surface area contributed by atoms with Gasteiger partial charge in [0.05, 0.1) is 12.0 Å². The van der Waals surface area contributed by atoms with E-state index in [0.29, 0.717) is 16.2 Å². The van der Waals surface area contributed by atoms with Gasteiger partial charge in [0.15, 0.2) is 0 Å². The highest BCUT2D eigenvalue weighted by molar-refractivity contribution is 7.12. The number of ether oxygens (including phenoxy) is 1. The van der Waals surface area contributed by atoms with E-state index in [1.54, 1.807) is 25.6 Å². The summed E-state index contributed by atoms with van der Waals surface area (Å²) >= 11 is 1.39. The summed E-state index contributed by atoms with van der Waals surface area (Å²) in [5.74, 6) is 0.721. The number of carbonyl (C=O) groups is 1. The van der Waals surface area contributed by atoms with Gasteiger partial charge in [-0.1, -0.05) is 18.2 Å². The second-order valence-electron chi connectivity index (χ2n) is 4.08. The first-order chi connectivity index (χ1) is 9.29. The molecular weight excluding hydrogens is 258 g/mol. The Hall–Kier alpha value is -2.20. The fourth-order valence-electron chi connectivity index (χ4n) is 1.99. The highest BCUT2D eigenvalue weighted by atomic mass is 32.1. The summed E-state index contributed by atoms with van der Waals surface area (Å²) in [6.07, 6.45) is 3.46. The van der Waals surface area contributed by atoms with Crippen molar-refractivity contribution in [2.24, 2.45) is 0 Å². The summed E-state index contributed by atoms with van der Waals surface area (Å²) < 4.78 is 5.11. The Bertz CT molecular complexity index is 743. The summed E-state index contributed by atoms with van der Waals surface area (Å²) in [6.45, 7) is 0. The number of rotatable bonds is 3. The normalized spacial score (nSPS) is 10.6. The van der Waals surface area contributed by atoms with Crippen LogP contribution in [0.3, 0.4) is 0 Å². The van der Waals surface area contributed by atoms with E-state index < -0.39 is 0 Å². The van der Waals surface area contributed by atoms with Crippen LogP contribution in [0.25, 0.3) is 10.8 Å². The number of thiophene rings is 1. The SMILES string of the molecule is COc1csc(C(=O)c2cccc3ccncc23)c1. The maximum Gasteiger partial charge on any atom is 0.203 e. The van der Waals surface area contributed by atoms with Gasteiger partial charge in [-0.05, 0) is 11.5 Å². The van der Waals surface area contributed by atoms with Crippen LogP contribution < -0.4 is 4.74 Å². The summed E-state index contributed by atoms with van der Waals surface area (Å²) in [6, 6.07) is 9.37. The van der Waals surface area contributed by atoms with E-state index in [1.807, 2.05) is 29.6 Å². The average molecular weight is 269 g/mol. The molecule has 3 aromatic rings. The summed E-state index contributed by atoms with van der Waals surface area (Å²) in [7, 11) is 1.60. The number of aromatic nitrogens is 1. The second kappa shape index (κ2) is 4.82. The van der Waals surface area contributed by atoms with Gasteiger partial charge in [0, 0.05) is 34.8 Å². The van der Waals surface area contributed by atoms with Crippen molar-refractivity contribution in [2.45, 2.75) is 0 Å². The zero-order valence-corrected chi connectivity index (χ0v) is 11.1. The number of carbonyl (C=O) groups excluding carboxylic acids is 1. The minimum absolute atomic E-state index is 0.00639. The van der Waals surface area contributed by atoms with Crippen LogP contribution in [-0.2, 0) is 0 Å². The standard InChI is InChI=1S/C15H11NO2S/c1-18-11-7-14(19-9-11)15(17)12-4-2-3-10-5-6-16-8-13(10)12/h2-9H,1H3. The van der Waals surface area contributed by atoms with Crippen LogP contribution in [-0.4, -0.2) is 17.9 Å². The third kappa shape index (κ3) is 2.11. The average Bonchev–Trinajstić information content (AvgIpc) is 2.95. The lowest BCUT2D eigenvalue weighted by Crippen LogP contribution is -1.99. The van der Waals surface area contributed by atoms with Crippen molar-refractivity contribution in [1.82, 2.24) is 4.98 Å². The summed E-state index contributed by atoms with van der Waals surface area (Å²) in [5.41, 5.74) is 0.676. The number of methoxy groups -OCH3 is 1. The molecule has 0 aliphatic rings. The Morgan fingerprint density at radius 2 is 2.21 bits per heavy atom. The van der Waals surface area contributed by atoms with Crippen molar-refractivity contribution in [2.75, 3.05) is 7.11 Å². The largest absolute Gasteiger partial charge is 0.496 e. The van der Waals surface area contributed by atoms with E-state index in [9.17, 15) is 4.79 Å². The molecule has 1 aromatic carbocycles. The zero-order valence-electron chi connectivity index (χ0n) is 10.3. The highest BCUT2D eigenvalue weighted by Crippen LogP contribution is 2.26. The number of fused-ring (bicyclic) bond motifs is 1. The Kier molecular flexibility index (Phi) is 3.01. The molecule has 19 heavy (non-hydrogen) atoms. The molecule has 0 aliphatic heterocycles. The maximum atomic E-state index is 12.5. The molecule has 0 aliphatic carbocycles. The minimum atomic E-state index is 0.00639. The number of nitrogens with zero attached hydrogens (tertiary/aromatic N) is 1. The lowest BCUT2D eigenvalue weighted by molar-refractivity contribution is 0.104. The Morgan fingerprint density at radius 1 is 1.32 bits per heavy atom. The van der Waals surface area contributed by atoms with Gasteiger partial charge in [-0.15, -0.1) is 11.3 Å². The van der Waals surface area contributed by atoms with Crippen LogP contribution in [0.4, 0.5) is 0 Å². The quantitative estimate of drug-likeness (QED) is 0.683.